The number of hydrogen-bond acceptors (Lipinski definition) is 9. The molecule has 0 bridgehead atoms. The van der Waals surface area contributed by atoms with E-state index >= 15 is 0 Å². The quantitative estimate of drug-likeness (QED) is 0.447. The Kier molecular flexibility index (Phi) is 6.34. The van der Waals surface area contributed by atoms with Crippen LogP contribution in [0.5, 0.6) is 0 Å². The van der Waals surface area contributed by atoms with Crippen molar-refractivity contribution < 1.29 is 9.66 Å². The molecule has 152 valence electrons. The van der Waals surface area contributed by atoms with Crippen LogP contribution in [0, 0.1) is 6.92 Å². The number of benzene rings is 1. The van der Waals surface area contributed by atoms with E-state index in [4.69, 9.17) is 5.11 Å². The van der Waals surface area contributed by atoms with Crippen LogP contribution in [0.2, 0.25) is 0 Å². The predicted molar refractivity (Wildman–Crippen MR) is 116 cm³/mol. The fourth-order valence-corrected chi connectivity index (χ4v) is 4.91. The average Bonchev–Trinajstić information content (AvgIpc) is 2.74. The fraction of sp³-hybridized carbons (Fsp3) is 0.368. The number of anilines is 2. The van der Waals surface area contributed by atoms with E-state index in [1.165, 1.54) is 23.7 Å². The van der Waals surface area contributed by atoms with Gasteiger partial charge in [0.25, 0.3) is 0 Å². The van der Waals surface area contributed by atoms with Crippen molar-refractivity contribution in [2.24, 2.45) is 0 Å². The van der Waals surface area contributed by atoms with Crippen molar-refractivity contribution in [3.63, 3.8) is 0 Å². The summed E-state index contributed by atoms with van der Waals surface area (Å²) in [6, 6.07) is 8.24. The summed E-state index contributed by atoms with van der Waals surface area (Å²) in [7, 11) is 0. The summed E-state index contributed by atoms with van der Waals surface area (Å²) in [4.78, 5) is 21.4. The highest BCUT2D eigenvalue weighted by Gasteiger charge is 2.24. The van der Waals surface area contributed by atoms with Crippen LogP contribution in [-0.2, 0) is 11.2 Å². The van der Waals surface area contributed by atoms with Crippen LogP contribution in [0.25, 0.3) is 11.0 Å². The van der Waals surface area contributed by atoms with Crippen LogP contribution in [0.1, 0.15) is 5.56 Å². The molecule has 29 heavy (non-hydrogen) atoms. The highest BCUT2D eigenvalue weighted by atomic mass is 32.2. The summed E-state index contributed by atoms with van der Waals surface area (Å²) < 4.78 is 11.8. The van der Waals surface area contributed by atoms with Gasteiger partial charge < -0.3 is 19.9 Å². The third-order valence-electron chi connectivity index (χ3n) is 4.54. The molecular weight excluding hydrogens is 408 g/mol. The lowest BCUT2D eigenvalue weighted by Crippen LogP contribution is -2.41. The van der Waals surface area contributed by atoms with Crippen LogP contribution in [0.3, 0.4) is 0 Å². The van der Waals surface area contributed by atoms with Gasteiger partial charge in [0.1, 0.15) is 33.9 Å². The summed E-state index contributed by atoms with van der Waals surface area (Å²) >= 11 is 0.746. The average molecular weight is 431 g/mol. The standard InChI is InChI=1S/C19H22N6O2S2/c1-13-2-4-14(5-3-13)28-18-16-15(21-12-22-18)17(24-19(23-16)20-6-9-26)25-7-10-29(27)11-8-25/h2-5,12,26H,6-11H2,1H3,(H,20,23,24). The first-order valence-corrected chi connectivity index (χ1v) is 11.7. The molecule has 0 radical (unpaired) electrons. The van der Waals surface area contributed by atoms with Crippen molar-refractivity contribution in [1.29, 1.82) is 0 Å². The molecule has 3 heterocycles. The minimum atomic E-state index is -0.782. The van der Waals surface area contributed by atoms with E-state index in [-0.39, 0.29) is 6.61 Å². The first-order valence-electron chi connectivity index (χ1n) is 9.36. The Bertz CT molecular complexity index is 980. The number of fused-ring (bicyclic) bond motifs is 1. The molecule has 0 amide bonds. The van der Waals surface area contributed by atoms with Crippen molar-refractivity contribution in [2.45, 2.75) is 16.8 Å². The first-order chi connectivity index (χ1) is 14.1. The van der Waals surface area contributed by atoms with Gasteiger partial charge in [-0.1, -0.05) is 40.6 Å². The van der Waals surface area contributed by atoms with E-state index in [2.05, 4.69) is 61.3 Å². The highest BCUT2D eigenvalue weighted by Crippen LogP contribution is 2.33. The molecule has 3 aromatic rings. The molecule has 0 atom stereocenters. The number of aliphatic hydroxyl groups excluding tert-OH is 1. The molecule has 0 unspecified atom stereocenters. The Morgan fingerprint density at radius 3 is 2.62 bits per heavy atom. The second-order valence-electron chi connectivity index (χ2n) is 6.65. The molecule has 8 nitrogen and oxygen atoms in total. The van der Waals surface area contributed by atoms with Gasteiger partial charge in [-0.15, -0.1) is 0 Å². The summed E-state index contributed by atoms with van der Waals surface area (Å²) in [6.45, 7) is 3.70. The normalized spacial score (nSPS) is 15.1. The third kappa shape index (κ3) is 4.72. The van der Waals surface area contributed by atoms with Gasteiger partial charge in [-0.2, -0.15) is 4.98 Å². The van der Waals surface area contributed by atoms with Crippen molar-refractivity contribution in [2.75, 3.05) is 48.0 Å². The minimum Gasteiger partial charge on any atom is -0.616 e. The van der Waals surface area contributed by atoms with Gasteiger partial charge >= 0.3 is 0 Å². The van der Waals surface area contributed by atoms with E-state index in [1.807, 2.05) is 0 Å². The Hall–Kier alpha value is -2.14. The van der Waals surface area contributed by atoms with Crippen molar-refractivity contribution in [3.05, 3.63) is 36.2 Å². The smallest absolute Gasteiger partial charge is 0.225 e. The maximum absolute atomic E-state index is 11.8. The van der Waals surface area contributed by atoms with Gasteiger partial charge in [0.05, 0.1) is 19.7 Å². The number of aliphatic hydroxyl groups is 1. The maximum atomic E-state index is 11.8. The topological polar surface area (TPSA) is 110 Å². The zero-order valence-corrected chi connectivity index (χ0v) is 17.7. The van der Waals surface area contributed by atoms with Crippen molar-refractivity contribution in [3.8, 4) is 0 Å². The zero-order valence-electron chi connectivity index (χ0n) is 16.0. The van der Waals surface area contributed by atoms with Crippen LogP contribution in [0.4, 0.5) is 11.8 Å². The van der Waals surface area contributed by atoms with Gasteiger partial charge in [0.2, 0.25) is 5.95 Å². The summed E-state index contributed by atoms with van der Waals surface area (Å²) in [5.41, 5.74) is 2.54. The van der Waals surface area contributed by atoms with Crippen LogP contribution in [-0.4, -0.2) is 67.3 Å². The lowest BCUT2D eigenvalue weighted by Gasteiger charge is -2.29. The van der Waals surface area contributed by atoms with Crippen LogP contribution in [0.15, 0.2) is 40.5 Å². The van der Waals surface area contributed by atoms with E-state index in [9.17, 15) is 4.55 Å². The van der Waals surface area contributed by atoms with E-state index in [1.54, 1.807) is 0 Å². The van der Waals surface area contributed by atoms with Crippen LogP contribution < -0.4 is 10.2 Å². The van der Waals surface area contributed by atoms with Crippen molar-refractivity contribution in [1.82, 2.24) is 19.9 Å². The Morgan fingerprint density at radius 2 is 1.90 bits per heavy atom. The third-order valence-corrected chi connectivity index (χ3v) is 6.81. The van der Waals surface area contributed by atoms with Gasteiger partial charge in [-0.3, -0.25) is 0 Å². The fourth-order valence-electron chi connectivity index (χ4n) is 3.02. The number of aromatic nitrogens is 4. The molecular formula is C19H22N6O2S2. The van der Waals surface area contributed by atoms with Gasteiger partial charge in [0, 0.05) is 11.4 Å². The SMILES string of the molecule is Cc1ccc(Sc2ncnc3c(N4CC[S+]([O-])CC4)nc(NCCO)nc23)cc1. The molecule has 1 aliphatic heterocycles. The number of hydrogen-bond donors (Lipinski definition) is 2. The highest BCUT2D eigenvalue weighted by molar-refractivity contribution is 7.99. The molecule has 0 saturated carbocycles. The minimum absolute atomic E-state index is 0.0182. The number of nitrogens with zero attached hydrogens (tertiary/aromatic N) is 5. The largest absolute Gasteiger partial charge is 0.616 e. The second kappa shape index (κ2) is 9.12. The molecule has 2 aromatic heterocycles. The van der Waals surface area contributed by atoms with Gasteiger partial charge in [-0.25, -0.2) is 15.0 Å². The number of nitrogens with one attached hydrogen (secondary N) is 1. The van der Waals surface area contributed by atoms with Crippen molar-refractivity contribution >= 4 is 45.7 Å². The zero-order chi connectivity index (χ0) is 20.2. The molecule has 0 aliphatic carbocycles. The summed E-state index contributed by atoms with van der Waals surface area (Å²) in [5, 5.41) is 13.0. The predicted octanol–water partition coefficient (Wildman–Crippen LogP) is 1.85. The van der Waals surface area contributed by atoms with E-state index < -0.39 is 11.2 Å². The first kappa shape index (κ1) is 20.1. The molecule has 1 aliphatic rings. The lowest BCUT2D eigenvalue weighted by atomic mass is 10.2. The maximum Gasteiger partial charge on any atom is 0.225 e. The molecule has 1 saturated heterocycles. The van der Waals surface area contributed by atoms with E-state index in [0.29, 0.717) is 53.9 Å². The Labute approximate surface area is 176 Å². The molecule has 1 aromatic carbocycles. The summed E-state index contributed by atoms with van der Waals surface area (Å²) in [6.07, 6.45) is 1.54. The lowest BCUT2D eigenvalue weighted by molar-refractivity contribution is 0.311. The molecule has 2 N–H and O–H groups in total. The Morgan fingerprint density at radius 1 is 1.14 bits per heavy atom. The van der Waals surface area contributed by atoms with Crippen LogP contribution >= 0.6 is 11.8 Å². The number of aryl methyl sites for hydroxylation is 1. The number of rotatable bonds is 6. The summed E-state index contributed by atoms with van der Waals surface area (Å²) in [5.74, 6) is 2.36. The molecule has 0 spiro atoms. The Balaban J connectivity index is 1.76. The van der Waals surface area contributed by atoms with Gasteiger partial charge in [0.15, 0.2) is 5.82 Å². The van der Waals surface area contributed by atoms with E-state index in [0.717, 1.165) is 9.92 Å². The second-order valence-corrected chi connectivity index (χ2v) is 9.41. The molecule has 4 rings (SSSR count). The molecule has 1 fully saturated rings. The van der Waals surface area contributed by atoms with Gasteiger partial charge in [-0.05, 0) is 19.1 Å². The molecule has 10 heteroatoms. The monoisotopic (exact) mass is 430 g/mol.